The topological polar surface area (TPSA) is 63.4 Å². The Morgan fingerprint density at radius 1 is 1.50 bits per heavy atom. The van der Waals surface area contributed by atoms with Gasteiger partial charge in [0.25, 0.3) is 5.69 Å². The van der Waals surface area contributed by atoms with E-state index < -0.39 is 0 Å². The average molecular weight is 221 g/mol. The molecular formula is C12H15NO3. The number of hydrogen-bond donors (Lipinski definition) is 1. The Labute approximate surface area is 94.1 Å². The lowest BCUT2D eigenvalue weighted by Gasteiger charge is -2.39. The largest absolute Gasteiger partial charge is 0.393 e. The molecule has 16 heavy (non-hydrogen) atoms. The van der Waals surface area contributed by atoms with E-state index in [0.29, 0.717) is 12.0 Å². The molecule has 86 valence electrons. The van der Waals surface area contributed by atoms with E-state index in [1.54, 1.807) is 19.1 Å². The summed E-state index contributed by atoms with van der Waals surface area (Å²) in [6, 6.07) is 5.35. The molecule has 3 unspecified atom stereocenters. The molecule has 1 fully saturated rings. The van der Waals surface area contributed by atoms with Gasteiger partial charge in [0, 0.05) is 11.6 Å². The zero-order valence-corrected chi connectivity index (χ0v) is 9.38. The van der Waals surface area contributed by atoms with E-state index in [-0.39, 0.29) is 28.6 Å². The summed E-state index contributed by atoms with van der Waals surface area (Å²) in [7, 11) is 0. The molecule has 1 saturated carbocycles. The van der Waals surface area contributed by atoms with Crippen LogP contribution in [0.4, 0.5) is 5.69 Å². The van der Waals surface area contributed by atoms with Crippen LogP contribution in [0, 0.1) is 23.0 Å². The molecule has 0 aliphatic heterocycles. The summed E-state index contributed by atoms with van der Waals surface area (Å²) in [4.78, 5) is 10.5. The number of hydrogen-bond acceptors (Lipinski definition) is 3. The molecule has 1 aliphatic rings. The summed E-state index contributed by atoms with van der Waals surface area (Å²) < 4.78 is 0. The predicted molar refractivity (Wildman–Crippen MR) is 60.4 cm³/mol. The lowest BCUT2D eigenvalue weighted by atomic mass is 9.68. The summed E-state index contributed by atoms with van der Waals surface area (Å²) in [5.74, 6) is 0.455. The Balaban J connectivity index is 2.30. The summed E-state index contributed by atoms with van der Waals surface area (Å²) in [6.45, 7) is 3.71. The summed E-state index contributed by atoms with van der Waals surface area (Å²) >= 11 is 0. The van der Waals surface area contributed by atoms with Gasteiger partial charge in [-0.1, -0.05) is 19.1 Å². The smallest absolute Gasteiger partial charge is 0.272 e. The van der Waals surface area contributed by atoms with Gasteiger partial charge in [0.1, 0.15) is 0 Å². The highest BCUT2D eigenvalue weighted by molar-refractivity contribution is 5.44. The highest BCUT2D eigenvalue weighted by atomic mass is 16.6. The van der Waals surface area contributed by atoms with Gasteiger partial charge in [0.2, 0.25) is 0 Å². The van der Waals surface area contributed by atoms with Crippen molar-refractivity contribution in [1.82, 2.24) is 0 Å². The van der Waals surface area contributed by atoms with Crippen molar-refractivity contribution >= 4 is 5.69 Å². The SMILES string of the molecule is Cc1ccc(C2CC(O)C2C)cc1[N+](=O)[O-]. The third kappa shape index (κ3) is 1.69. The molecule has 0 bridgehead atoms. The molecule has 0 amide bonds. The number of benzene rings is 1. The fourth-order valence-corrected chi connectivity index (χ4v) is 2.26. The number of nitro benzene ring substituents is 1. The van der Waals surface area contributed by atoms with Gasteiger partial charge >= 0.3 is 0 Å². The van der Waals surface area contributed by atoms with Crippen LogP contribution < -0.4 is 0 Å². The molecular weight excluding hydrogens is 206 g/mol. The zero-order chi connectivity index (χ0) is 11.9. The maximum absolute atomic E-state index is 10.8. The van der Waals surface area contributed by atoms with E-state index in [1.807, 2.05) is 13.0 Å². The number of nitrogens with zero attached hydrogens (tertiary/aromatic N) is 1. The standard InChI is InChI=1S/C12H15NO3/c1-7-3-4-9(5-11(7)13(15)16)10-6-12(14)8(10)2/h3-5,8,10,12,14H,6H2,1-2H3. The van der Waals surface area contributed by atoms with Crippen LogP contribution in [0.5, 0.6) is 0 Å². The van der Waals surface area contributed by atoms with Gasteiger partial charge in [-0.15, -0.1) is 0 Å². The minimum absolute atomic E-state index is 0.172. The first-order valence-electron chi connectivity index (χ1n) is 5.43. The third-order valence-corrected chi connectivity index (χ3v) is 3.60. The van der Waals surface area contributed by atoms with Crippen molar-refractivity contribution in [2.24, 2.45) is 5.92 Å². The van der Waals surface area contributed by atoms with E-state index >= 15 is 0 Å². The van der Waals surface area contributed by atoms with Gasteiger partial charge in [0.15, 0.2) is 0 Å². The van der Waals surface area contributed by atoms with Crippen LogP contribution in [0.25, 0.3) is 0 Å². The Bertz CT molecular complexity index is 430. The summed E-state index contributed by atoms with van der Waals surface area (Å²) in [5.41, 5.74) is 1.82. The van der Waals surface area contributed by atoms with Crippen LogP contribution in [0.2, 0.25) is 0 Å². The minimum atomic E-state index is -0.349. The number of rotatable bonds is 2. The Kier molecular flexibility index (Phi) is 2.68. The van der Waals surface area contributed by atoms with Gasteiger partial charge < -0.3 is 5.11 Å². The van der Waals surface area contributed by atoms with Gasteiger partial charge in [-0.25, -0.2) is 0 Å². The van der Waals surface area contributed by atoms with Gasteiger partial charge in [-0.3, -0.25) is 10.1 Å². The van der Waals surface area contributed by atoms with Gasteiger partial charge in [-0.05, 0) is 30.7 Å². The van der Waals surface area contributed by atoms with E-state index in [0.717, 1.165) is 5.56 Å². The quantitative estimate of drug-likeness (QED) is 0.616. The van der Waals surface area contributed by atoms with E-state index in [4.69, 9.17) is 0 Å². The molecule has 4 nitrogen and oxygen atoms in total. The van der Waals surface area contributed by atoms with Crippen molar-refractivity contribution in [2.45, 2.75) is 32.3 Å². The van der Waals surface area contributed by atoms with E-state index in [1.165, 1.54) is 0 Å². The number of aliphatic hydroxyl groups excluding tert-OH is 1. The molecule has 1 aromatic carbocycles. The molecule has 1 aromatic rings. The normalized spacial score (nSPS) is 28.6. The Morgan fingerprint density at radius 2 is 2.19 bits per heavy atom. The molecule has 0 saturated heterocycles. The Hall–Kier alpha value is -1.42. The lowest BCUT2D eigenvalue weighted by Crippen LogP contribution is -2.37. The maximum Gasteiger partial charge on any atom is 0.272 e. The maximum atomic E-state index is 10.8. The first-order valence-corrected chi connectivity index (χ1v) is 5.43. The van der Waals surface area contributed by atoms with Crippen molar-refractivity contribution in [3.05, 3.63) is 39.4 Å². The number of aliphatic hydroxyl groups is 1. The van der Waals surface area contributed by atoms with Crippen molar-refractivity contribution in [1.29, 1.82) is 0 Å². The first kappa shape index (κ1) is 11.1. The highest BCUT2D eigenvalue weighted by Crippen LogP contribution is 2.43. The van der Waals surface area contributed by atoms with Crippen LogP contribution in [-0.4, -0.2) is 16.1 Å². The van der Waals surface area contributed by atoms with Crippen LogP contribution in [-0.2, 0) is 0 Å². The molecule has 4 heteroatoms. The van der Waals surface area contributed by atoms with Gasteiger partial charge in [-0.2, -0.15) is 0 Å². The number of aryl methyl sites for hydroxylation is 1. The van der Waals surface area contributed by atoms with Crippen LogP contribution in [0.15, 0.2) is 18.2 Å². The molecule has 0 radical (unpaired) electrons. The summed E-state index contributed by atoms with van der Waals surface area (Å²) in [5, 5.41) is 20.3. The fourth-order valence-electron chi connectivity index (χ4n) is 2.26. The van der Waals surface area contributed by atoms with Crippen molar-refractivity contribution in [2.75, 3.05) is 0 Å². The molecule has 0 spiro atoms. The van der Waals surface area contributed by atoms with Crippen molar-refractivity contribution in [3.63, 3.8) is 0 Å². The van der Waals surface area contributed by atoms with Crippen LogP contribution >= 0.6 is 0 Å². The molecule has 1 N–H and O–H groups in total. The summed E-state index contributed by atoms with van der Waals surface area (Å²) in [6.07, 6.45) is 0.451. The zero-order valence-electron chi connectivity index (χ0n) is 9.38. The molecule has 0 heterocycles. The molecule has 2 rings (SSSR count). The molecule has 3 atom stereocenters. The van der Waals surface area contributed by atoms with Crippen LogP contribution in [0.3, 0.4) is 0 Å². The first-order chi connectivity index (χ1) is 7.50. The average Bonchev–Trinajstić information content (AvgIpc) is 2.26. The lowest BCUT2D eigenvalue weighted by molar-refractivity contribution is -0.385. The van der Waals surface area contributed by atoms with Gasteiger partial charge in [0.05, 0.1) is 11.0 Å². The van der Waals surface area contributed by atoms with E-state index in [9.17, 15) is 15.2 Å². The monoisotopic (exact) mass is 221 g/mol. The highest BCUT2D eigenvalue weighted by Gasteiger charge is 2.37. The molecule has 0 aromatic heterocycles. The van der Waals surface area contributed by atoms with E-state index in [2.05, 4.69) is 0 Å². The second-order valence-electron chi connectivity index (χ2n) is 4.57. The number of nitro groups is 1. The Morgan fingerprint density at radius 3 is 2.69 bits per heavy atom. The third-order valence-electron chi connectivity index (χ3n) is 3.60. The van der Waals surface area contributed by atoms with Crippen molar-refractivity contribution in [3.8, 4) is 0 Å². The minimum Gasteiger partial charge on any atom is -0.393 e. The second-order valence-corrected chi connectivity index (χ2v) is 4.57. The fraction of sp³-hybridized carbons (Fsp3) is 0.500. The van der Waals surface area contributed by atoms with Crippen LogP contribution in [0.1, 0.15) is 30.4 Å². The molecule has 1 aliphatic carbocycles. The predicted octanol–water partition coefficient (Wildman–Crippen LogP) is 2.39. The second kappa shape index (κ2) is 3.87. The van der Waals surface area contributed by atoms with Crippen molar-refractivity contribution < 1.29 is 10.0 Å².